The van der Waals surface area contributed by atoms with Crippen LogP contribution in [0.3, 0.4) is 0 Å². The first kappa shape index (κ1) is 15.7. The molecule has 2 aromatic carbocycles. The molecular weight excluding hydrogens is 305 g/mol. The third kappa shape index (κ3) is 2.99. The van der Waals surface area contributed by atoms with Crippen LogP contribution >= 0.6 is 24.0 Å². The normalized spacial score (nSPS) is 16.5. The van der Waals surface area contributed by atoms with Gasteiger partial charge in [0.25, 0.3) is 0 Å². The Morgan fingerprint density at radius 2 is 1.90 bits per heavy atom. The Kier molecular flexibility index (Phi) is 4.76. The van der Waals surface area contributed by atoms with Crippen LogP contribution in [0.25, 0.3) is 0 Å². The lowest BCUT2D eigenvalue weighted by Gasteiger charge is -2.25. The van der Waals surface area contributed by atoms with E-state index in [2.05, 4.69) is 22.4 Å². The fourth-order valence-electron chi connectivity index (χ4n) is 2.63. The predicted molar refractivity (Wildman–Crippen MR) is 91.9 cm³/mol. The summed E-state index contributed by atoms with van der Waals surface area (Å²) >= 11 is 6.17. The third-order valence-corrected chi connectivity index (χ3v) is 3.89. The SMILES string of the molecule is CNC1=NCC(c2ccc(N)cc2)c2cc(Cl)ccc21.Cl. The first-order chi connectivity index (χ1) is 9.69. The molecule has 0 bridgehead atoms. The number of aliphatic imine (C=N–C) groups is 1. The molecule has 3 N–H and O–H groups in total. The average molecular weight is 322 g/mol. The highest BCUT2D eigenvalue weighted by molar-refractivity contribution is 6.30. The van der Waals surface area contributed by atoms with Crippen LogP contribution in [-0.2, 0) is 0 Å². The monoisotopic (exact) mass is 321 g/mol. The maximum absolute atomic E-state index is 6.17. The summed E-state index contributed by atoms with van der Waals surface area (Å²) in [5.41, 5.74) is 10.1. The number of nitrogens with zero attached hydrogens (tertiary/aromatic N) is 1. The Morgan fingerprint density at radius 1 is 1.19 bits per heavy atom. The van der Waals surface area contributed by atoms with Crippen molar-refractivity contribution in [2.24, 2.45) is 4.99 Å². The summed E-state index contributed by atoms with van der Waals surface area (Å²) in [4.78, 5) is 4.63. The molecule has 0 radical (unpaired) electrons. The Hall–Kier alpha value is -1.71. The standard InChI is InChI=1S/C16H16ClN3.ClH/c1-19-16-13-7-4-11(17)8-14(13)15(9-20-16)10-2-5-12(18)6-3-10;/h2-8,15H,9,18H2,1H3,(H,19,20);1H. The maximum Gasteiger partial charge on any atom is 0.128 e. The predicted octanol–water partition coefficient (Wildman–Crippen LogP) is 3.46. The number of nitrogen functional groups attached to an aromatic ring is 1. The molecule has 1 aliphatic rings. The Balaban J connectivity index is 0.00000161. The average Bonchev–Trinajstić information content (AvgIpc) is 2.47. The van der Waals surface area contributed by atoms with E-state index in [0.717, 1.165) is 22.1 Å². The molecule has 0 amide bonds. The van der Waals surface area contributed by atoms with Crippen LogP contribution in [0.5, 0.6) is 0 Å². The zero-order valence-corrected chi connectivity index (χ0v) is 13.2. The highest BCUT2D eigenvalue weighted by Gasteiger charge is 2.23. The fraction of sp³-hybridized carbons (Fsp3) is 0.188. The molecule has 0 saturated heterocycles. The second-order valence-corrected chi connectivity index (χ2v) is 5.33. The Labute approximate surface area is 135 Å². The van der Waals surface area contributed by atoms with Crippen molar-refractivity contribution < 1.29 is 0 Å². The molecule has 1 unspecified atom stereocenters. The van der Waals surface area contributed by atoms with E-state index in [4.69, 9.17) is 17.3 Å². The van der Waals surface area contributed by atoms with Gasteiger partial charge in [-0.2, -0.15) is 0 Å². The first-order valence-electron chi connectivity index (χ1n) is 6.56. The quantitative estimate of drug-likeness (QED) is 0.790. The highest BCUT2D eigenvalue weighted by Crippen LogP contribution is 2.33. The number of benzene rings is 2. The fourth-order valence-corrected chi connectivity index (χ4v) is 2.81. The molecule has 1 atom stereocenters. The molecule has 1 aliphatic heterocycles. The Morgan fingerprint density at radius 3 is 2.57 bits per heavy atom. The number of nitrogens with two attached hydrogens (primary N) is 1. The molecule has 110 valence electrons. The molecule has 0 aliphatic carbocycles. The summed E-state index contributed by atoms with van der Waals surface area (Å²) in [6.45, 7) is 0.716. The van der Waals surface area contributed by atoms with Crippen LogP contribution in [0.15, 0.2) is 47.5 Å². The molecule has 0 aromatic heterocycles. The molecule has 3 rings (SSSR count). The van der Waals surface area contributed by atoms with Gasteiger partial charge in [0.2, 0.25) is 0 Å². The number of amidine groups is 1. The van der Waals surface area contributed by atoms with Gasteiger partial charge in [0.15, 0.2) is 0 Å². The molecule has 0 spiro atoms. The zero-order chi connectivity index (χ0) is 14.1. The topological polar surface area (TPSA) is 50.4 Å². The number of fused-ring (bicyclic) bond motifs is 1. The van der Waals surface area contributed by atoms with Gasteiger partial charge < -0.3 is 11.1 Å². The first-order valence-corrected chi connectivity index (χ1v) is 6.94. The van der Waals surface area contributed by atoms with Gasteiger partial charge in [0, 0.05) is 29.2 Å². The number of anilines is 1. The zero-order valence-electron chi connectivity index (χ0n) is 11.6. The van der Waals surface area contributed by atoms with E-state index in [9.17, 15) is 0 Å². The van der Waals surface area contributed by atoms with Crippen molar-refractivity contribution in [2.75, 3.05) is 19.3 Å². The number of hydrogen-bond donors (Lipinski definition) is 2. The van der Waals surface area contributed by atoms with E-state index in [-0.39, 0.29) is 18.3 Å². The molecule has 0 fully saturated rings. The van der Waals surface area contributed by atoms with Gasteiger partial charge in [0.1, 0.15) is 5.84 Å². The van der Waals surface area contributed by atoms with Crippen molar-refractivity contribution >= 4 is 35.5 Å². The van der Waals surface area contributed by atoms with Crippen molar-refractivity contribution in [3.05, 3.63) is 64.2 Å². The summed E-state index contributed by atoms with van der Waals surface area (Å²) in [6.07, 6.45) is 0. The summed E-state index contributed by atoms with van der Waals surface area (Å²) in [5.74, 6) is 1.14. The molecular formula is C16H17Cl2N3. The van der Waals surface area contributed by atoms with Crippen LogP contribution in [0.1, 0.15) is 22.6 Å². The minimum absolute atomic E-state index is 0. The van der Waals surface area contributed by atoms with Crippen molar-refractivity contribution in [3.63, 3.8) is 0 Å². The van der Waals surface area contributed by atoms with E-state index >= 15 is 0 Å². The second kappa shape index (κ2) is 6.37. The Bertz CT molecular complexity index is 666. The maximum atomic E-state index is 6.17. The van der Waals surface area contributed by atoms with Gasteiger partial charge in [0.05, 0.1) is 6.54 Å². The molecule has 1 heterocycles. The molecule has 21 heavy (non-hydrogen) atoms. The molecule has 5 heteroatoms. The van der Waals surface area contributed by atoms with Crippen LogP contribution < -0.4 is 11.1 Å². The second-order valence-electron chi connectivity index (χ2n) is 4.89. The number of rotatable bonds is 1. The number of halogens is 2. The van der Waals surface area contributed by atoms with Crippen molar-refractivity contribution in [1.82, 2.24) is 5.32 Å². The lowest BCUT2D eigenvalue weighted by atomic mass is 9.86. The van der Waals surface area contributed by atoms with Crippen LogP contribution in [-0.4, -0.2) is 19.4 Å². The summed E-state index contributed by atoms with van der Waals surface area (Å²) in [5, 5.41) is 3.90. The van der Waals surface area contributed by atoms with Crippen LogP contribution in [0, 0.1) is 0 Å². The summed E-state index contributed by atoms with van der Waals surface area (Å²) < 4.78 is 0. The van der Waals surface area contributed by atoms with E-state index in [1.54, 1.807) is 0 Å². The molecule has 2 aromatic rings. The van der Waals surface area contributed by atoms with Crippen molar-refractivity contribution in [3.8, 4) is 0 Å². The molecule has 3 nitrogen and oxygen atoms in total. The van der Waals surface area contributed by atoms with Gasteiger partial charge in [-0.25, -0.2) is 0 Å². The lowest BCUT2D eigenvalue weighted by molar-refractivity contribution is 0.794. The van der Waals surface area contributed by atoms with Crippen LogP contribution in [0.2, 0.25) is 5.02 Å². The van der Waals surface area contributed by atoms with Crippen molar-refractivity contribution in [2.45, 2.75) is 5.92 Å². The van der Waals surface area contributed by atoms with E-state index in [1.807, 2.05) is 37.4 Å². The third-order valence-electron chi connectivity index (χ3n) is 3.65. The number of hydrogen-bond acceptors (Lipinski definition) is 3. The summed E-state index contributed by atoms with van der Waals surface area (Å²) in [7, 11) is 1.89. The largest absolute Gasteiger partial charge is 0.399 e. The van der Waals surface area contributed by atoms with Crippen LogP contribution in [0.4, 0.5) is 5.69 Å². The molecule has 0 saturated carbocycles. The lowest BCUT2D eigenvalue weighted by Crippen LogP contribution is -2.27. The van der Waals surface area contributed by atoms with E-state index in [1.165, 1.54) is 11.1 Å². The minimum Gasteiger partial charge on any atom is -0.399 e. The van der Waals surface area contributed by atoms with Gasteiger partial charge in [-0.05, 0) is 41.5 Å². The van der Waals surface area contributed by atoms with Gasteiger partial charge >= 0.3 is 0 Å². The smallest absolute Gasteiger partial charge is 0.128 e. The summed E-state index contributed by atoms with van der Waals surface area (Å²) in [6, 6.07) is 13.9. The van der Waals surface area contributed by atoms with E-state index < -0.39 is 0 Å². The minimum atomic E-state index is 0. The highest BCUT2D eigenvalue weighted by atomic mass is 35.5. The number of nitrogens with one attached hydrogen (secondary N) is 1. The van der Waals surface area contributed by atoms with Gasteiger partial charge in [-0.15, -0.1) is 12.4 Å². The van der Waals surface area contributed by atoms with E-state index in [0.29, 0.717) is 6.54 Å². The van der Waals surface area contributed by atoms with Gasteiger partial charge in [-0.3, -0.25) is 4.99 Å². The van der Waals surface area contributed by atoms with Gasteiger partial charge in [-0.1, -0.05) is 23.7 Å². The van der Waals surface area contributed by atoms with Crippen molar-refractivity contribution in [1.29, 1.82) is 0 Å².